The van der Waals surface area contributed by atoms with Crippen LogP contribution < -0.4 is 25.6 Å². The predicted octanol–water partition coefficient (Wildman–Crippen LogP) is 12.2. The Kier molecular flexibility index (Phi) is 9.15. The normalized spacial score (nSPS) is 11.5. The van der Waals surface area contributed by atoms with E-state index in [2.05, 4.69) is 241 Å². The van der Waals surface area contributed by atoms with Crippen LogP contribution in [0.1, 0.15) is 0 Å². The lowest BCUT2D eigenvalue weighted by atomic mass is 10.0. The minimum Gasteiger partial charge on any atom is -0.310 e. The van der Waals surface area contributed by atoms with E-state index < -0.39 is 8.07 Å². The fourth-order valence-corrected chi connectivity index (χ4v) is 14.5. The van der Waals surface area contributed by atoms with E-state index in [1.54, 1.807) is 0 Å². The molecule has 9 aromatic carbocycles. The van der Waals surface area contributed by atoms with Gasteiger partial charge in [-0.3, -0.25) is 0 Å². The van der Waals surface area contributed by atoms with Gasteiger partial charge in [-0.2, -0.15) is 0 Å². The largest absolute Gasteiger partial charge is 0.310 e. The number of benzene rings is 9. The van der Waals surface area contributed by atoms with Gasteiger partial charge >= 0.3 is 0 Å². The number of nitrogens with zero attached hydrogens (tertiary/aromatic N) is 1. The van der Waals surface area contributed by atoms with Crippen molar-refractivity contribution in [2.75, 3.05) is 4.90 Å². The van der Waals surface area contributed by atoms with Crippen molar-refractivity contribution in [3.8, 4) is 22.3 Å². The third-order valence-corrected chi connectivity index (χ3v) is 17.1. The molecule has 0 saturated heterocycles. The van der Waals surface area contributed by atoms with Crippen LogP contribution in [0.2, 0.25) is 0 Å². The average Bonchev–Trinajstić information content (AvgIpc) is 3.66. The van der Waals surface area contributed by atoms with Crippen molar-refractivity contribution in [1.29, 1.82) is 0 Å². The lowest BCUT2D eigenvalue weighted by Gasteiger charge is -2.34. The van der Waals surface area contributed by atoms with Crippen molar-refractivity contribution < 1.29 is 0 Å². The highest BCUT2D eigenvalue weighted by molar-refractivity contribution is 7.26. The lowest BCUT2D eigenvalue weighted by Crippen LogP contribution is -2.74. The second kappa shape index (κ2) is 15.0. The Bertz CT molecular complexity index is 2830. The molecule has 0 spiro atoms. The van der Waals surface area contributed by atoms with Crippen LogP contribution in [-0.2, 0) is 0 Å². The number of anilines is 3. The molecule has 0 aliphatic carbocycles. The standard InChI is InChI=1S/C54H39NSSi/c1-6-17-40(18-7-1)43-31-35-51-52-36-34-46(39-54(52)56-53(51)38-43)55(44-20-8-2-9-21-44)45-32-29-41(30-33-45)42-19-16-28-50(37-42)57(47-22-10-3-11-23-47,48-24-12-4-13-25-48)49-26-14-5-15-27-49/h1-39H. The SMILES string of the molecule is c1ccc(-c2ccc3c(c2)sc2cc(N(c4ccccc4)c4ccc(-c5cccc([Si](c6ccccc6)(c6ccccc6)c6ccccc6)c5)cc4)ccc23)cc1. The van der Waals surface area contributed by atoms with E-state index in [1.807, 2.05) is 11.3 Å². The summed E-state index contributed by atoms with van der Waals surface area (Å²) in [5.74, 6) is 0. The lowest BCUT2D eigenvalue weighted by molar-refractivity contribution is 1.29. The van der Waals surface area contributed by atoms with Gasteiger partial charge in [-0.25, -0.2) is 0 Å². The molecule has 10 aromatic rings. The molecule has 0 atom stereocenters. The first kappa shape index (κ1) is 34.7. The molecule has 0 N–H and O–H groups in total. The highest BCUT2D eigenvalue weighted by atomic mass is 32.1. The van der Waals surface area contributed by atoms with Crippen molar-refractivity contribution in [1.82, 2.24) is 0 Å². The zero-order valence-corrected chi connectivity index (χ0v) is 33.2. The van der Waals surface area contributed by atoms with Gasteiger partial charge in [0.15, 0.2) is 8.07 Å². The molecule has 0 bridgehead atoms. The molecule has 1 nitrogen and oxygen atoms in total. The quantitative estimate of drug-likeness (QED) is 0.105. The van der Waals surface area contributed by atoms with Gasteiger partial charge in [-0.15, -0.1) is 11.3 Å². The summed E-state index contributed by atoms with van der Waals surface area (Å²) in [5, 5.41) is 8.09. The monoisotopic (exact) mass is 761 g/mol. The number of thiophene rings is 1. The molecular formula is C54H39NSSi. The topological polar surface area (TPSA) is 3.24 Å². The molecular weight excluding hydrogens is 723 g/mol. The van der Waals surface area contributed by atoms with E-state index in [4.69, 9.17) is 0 Å². The Balaban J connectivity index is 1.05. The Morgan fingerprint density at radius 3 is 1.28 bits per heavy atom. The van der Waals surface area contributed by atoms with Crippen LogP contribution in [0.15, 0.2) is 237 Å². The number of para-hydroxylation sites is 1. The summed E-state index contributed by atoms with van der Waals surface area (Å²) in [6.07, 6.45) is 0. The van der Waals surface area contributed by atoms with Gasteiger partial charge < -0.3 is 4.90 Å². The molecule has 0 unspecified atom stereocenters. The maximum atomic E-state index is 2.45. The zero-order chi connectivity index (χ0) is 38.0. The van der Waals surface area contributed by atoms with Crippen molar-refractivity contribution >= 4 is 77.4 Å². The second-order valence-corrected chi connectivity index (χ2v) is 19.4. The van der Waals surface area contributed by atoms with E-state index in [1.165, 1.54) is 63.2 Å². The summed E-state index contributed by atoms with van der Waals surface area (Å²) in [4.78, 5) is 2.37. The van der Waals surface area contributed by atoms with Crippen LogP contribution in [0.4, 0.5) is 17.1 Å². The Morgan fingerprint density at radius 2 is 0.684 bits per heavy atom. The van der Waals surface area contributed by atoms with E-state index in [0.29, 0.717) is 0 Å². The van der Waals surface area contributed by atoms with Gasteiger partial charge in [-0.05, 0) is 85.5 Å². The predicted molar refractivity (Wildman–Crippen MR) is 249 cm³/mol. The Labute approximate surface area is 339 Å². The van der Waals surface area contributed by atoms with Gasteiger partial charge in [0.25, 0.3) is 0 Å². The van der Waals surface area contributed by atoms with Crippen molar-refractivity contribution in [3.05, 3.63) is 237 Å². The Hall–Kier alpha value is -6.78. The maximum Gasteiger partial charge on any atom is 0.179 e. The van der Waals surface area contributed by atoms with E-state index in [9.17, 15) is 0 Å². The van der Waals surface area contributed by atoms with Crippen LogP contribution in [0.3, 0.4) is 0 Å². The number of fused-ring (bicyclic) bond motifs is 3. The van der Waals surface area contributed by atoms with E-state index in [0.717, 1.165) is 17.1 Å². The van der Waals surface area contributed by atoms with Crippen LogP contribution in [-0.4, -0.2) is 8.07 Å². The summed E-state index contributed by atoms with van der Waals surface area (Å²) in [6, 6.07) is 87.0. The minimum absolute atomic E-state index is 1.12. The maximum absolute atomic E-state index is 2.64. The molecule has 0 saturated carbocycles. The molecule has 0 aliphatic rings. The average molecular weight is 762 g/mol. The third kappa shape index (κ3) is 6.37. The molecule has 10 rings (SSSR count). The summed E-state index contributed by atoms with van der Waals surface area (Å²) < 4.78 is 2.59. The van der Waals surface area contributed by atoms with Gasteiger partial charge in [-0.1, -0.05) is 194 Å². The molecule has 1 heterocycles. The van der Waals surface area contributed by atoms with Crippen LogP contribution >= 0.6 is 11.3 Å². The highest BCUT2D eigenvalue weighted by Gasteiger charge is 2.41. The summed E-state index contributed by atoms with van der Waals surface area (Å²) in [5.41, 5.74) is 8.29. The van der Waals surface area contributed by atoms with Crippen LogP contribution in [0.25, 0.3) is 42.4 Å². The minimum atomic E-state index is -2.64. The first-order valence-electron chi connectivity index (χ1n) is 19.5. The fourth-order valence-electron chi connectivity index (χ4n) is 8.54. The molecule has 57 heavy (non-hydrogen) atoms. The number of hydrogen-bond donors (Lipinski definition) is 0. The molecule has 1 aromatic heterocycles. The molecule has 3 heteroatoms. The smallest absolute Gasteiger partial charge is 0.179 e. The molecule has 0 fully saturated rings. The molecule has 0 amide bonds. The summed E-state index contributed by atoms with van der Waals surface area (Å²) in [7, 11) is -2.64. The number of rotatable bonds is 9. The molecule has 270 valence electrons. The summed E-state index contributed by atoms with van der Waals surface area (Å²) in [6.45, 7) is 0. The van der Waals surface area contributed by atoms with Crippen LogP contribution in [0.5, 0.6) is 0 Å². The third-order valence-electron chi connectivity index (χ3n) is 11.2. The van der Waals surface area contributed by atoms with Gasteiger partial charge in [0.05, 0.1) is 0 Å². The zero-order valence-electron chi connectivity index (χ0n) is 31.4. The fraction of sp³-hybridized carbons (Fsp3) is 0. The molecule has 0 aliphatic heterocycles. The van der Waals surface area contributed by atoms with Crippen molar-refractivity contribution in [3.63, 3.8) is 0 Å². The van der Waals surface area contributed by atoms with E-state index in [-0.39, 0.29) is 0 Å². The van der Waals surface area contributed by atoms with Gasteiger partial charge in [0.1, 0.15) is 0 Å². The molecule has 0 radical (unpaired) electrons. The van der Waals surface area contributed by atoms with Gasteiger partial charge in [0.2, 0.25) is 0 Å². The van der Waals surface area contributed by atoms with E-state index >= 15 is 0 Å². The number of hydrogen-bond acceptors (Lipinski definition) is 2. The second-order valence-electron chi connectivity index (χ2n) is 14.5. The first-order chi connectivity index (χ1) is 28.3. The van der Waals surface area contributed by atoms with Crippen molar-refractivity contribution in [2.45, 2.75) is 0 Å². The summed E-state index contributed by atoms with van der Waals surface area (Å²) >= 11 is 1.87. The van der Waals surface area contributed by atoms with Gasteiger partial charge in [0, 0.05) is 37.2 Å². The Morgan fingerprint density at radius 1 is 0.281 bits per heavy atom. The first-order valence-corrected chi connectivity index (χ1v) is 22.3. The van der Waals surface area contributed by atoms with Crippen LogP contribution in [0, 0.1) is 0 Å². The van der Waals surface area contributed by atoms with Crippen molar-refractivity contribution in [2.24, 2.45) is 0 Å². The highest BCUT2D eigenvalue weighted by Crippen LogP contribution is 2.42.